The largest absolute Gasteiger partial charge is 0.447 e. The van der Waals surface area contributed by atoms with Crippen molar-refractivity contribution in [2.24, 2.45) is 7.05 Å². The van der Waals surface area contributed by atoms with Gasteiger partial charge < -0.3 is 14.8 Å². The van der Waals surface area contributed by atoms with Crippen LogP contribution in [-0.4, -0.2) is 77.9 Å². The Labute approximate surface area is 197 Å². The zero-order chi connectivity index (χ0) is 24.2. The van der Waals surface area contributed by atoms with Crippen LogP contribution >= 0.6 is 0 Å². The summed E-state index contributed by atoms with van der Waals surface area (Å²) in [5, 5.41) is 4.77. The average molecular weight is 474 g/mol. The second-order valence-electron chi connectivity index (χ2n) is 8.71. The fourth-order valence-corrected chi connectivity index (χ4v) is 4.77. The third kappa shape index (κ3) is 5.00. The Kier molecular flexibility index (Phi) is 7.32. The van der Waals surface area contributed by atoms with Crippen LogP contribution in [0.1, 0.15) is 30.9 Å². The highest BCUT2D eigenvalue weighted by atomic mass is 16.6. The number of imidazole rings is 1. The van der Waals surface area contributed by atoms with E-state index in [4.69, 9.17) is 9.47 Å². The van der Waals surface area contributed by atoms with Crippen LogP contribution in [0.4, 0.5) is 4.79 Å². The van der Waals surface area contributed by atoms with E-state index in [0.29, 0.717) is 25.1 Å². The van der Waals surface area contributed by atoms with Crippen molar-refractivity contribution in [3.05, 3.63) is 34.2 Å². The zero-order valence-electron chi connectivity index (χ0n) is 19.5. The van der Waals surface area contributed by atoms with Crippen LogP contribution in [0.15, 0.2) is 23.0 Å². The number of ether oxygens (including phenoxy) is 2. The molecule has 0 spiro atoms. The van der Waals surface area contributed by atoms with Crippen molar-refractivity contribution < 1.29 is 23.9 Å². The number of morpholine rings is 1. The molecule has 11 nitrogen and oxygen atoms in total. The van der Waals surface area contributed by atoms with Crippen molar-refractivity contribution in [3.63, 3.8) is 0 Å². The number of nitrogens with one attached hydrogen (secondary N) is 2. The molecule has 34 heavy (non-hydrogen) atoms. The Bertz CT molecular complexity index is 1140. The van der Waals surface area contributed by atoms with Crippen molar-refractivity contribution in [1.82, 2.24) is 24.7 Å². The number of carbonyl (C=O) groups is 3. The monoisotopic (exact) mass is 473 g/mol. The number of rotatable bonds is 7. The van der Waals surface area contributed by atoms with Gasteiger partial charge in [-0.2, -0.15) is 0 Å². The SMILES string of the molecule is CNC(=O)OC[C@H]1CN(CCCc2cccc3c2n(C)c(=O)n3C2CCC(=O)NC2=O)CCO1. The number of alkyl carbamates (subject to hydrolysis) is 1. The van der Waals surface area contributed by atoms with Crippen molar-refractivity contribution in [2.75, 3.05) is 39.9 Å². The molecule has 2 aliphatic heterocycles. The van der Waals surface area contributed by atoms with Crippen LogP contribution < -0.4 is 16.3 Å². The number of aryl methyl sites for hydroxylation is 2. The molecule has 0 bridgehead atoms. The van der Waals surface area contributed by atoms with Crippen LogP contribution in [-0.2, 0) is 32.5 Å². The van der Waals surface area contributed by atoms with Crippen LogP contribution in [0.25, 0.3) is 11.0 Å². The Balaban J connectivity index is 1.43. The van der Waals surface area contributed by atoms with Gasteiger partial charge in [-0.05, 0) is 37.4 Å². The number of aromatic nitrogens is 2. The molecular weight excluding hydrogens is 442 g/mol. The highest BCUT2D eigenvalue weighted by Crippen LogP contribution is 2.25. The lowest BCUT2D eigenvalue weighted by atomic mass is 10.0. The van der Waals surface area contributed by atoms with E-state index in [1.54, 1.807) is 11.6 Å². The summed E-state index contributed by atoms with van der Waals surface area (Å²) in [6.07, 6.45) is 1.55. The van der Waals surface area contributed by atoms with Crippen LogP contribution in [0.2, 0.25) is 0 Å². The normalized spacial score (nSPS) is 21.5. The summed E-state index contributed by atoms with van der Waals surface area (Å²) in [6.45, 7) is 3.14. The van der Waals surface area contributed by atoms with Gasteiger partial charge >= 0.3 is 11.8 Å². The summed E-state index contributed by atoms with van der Waals surface area (Å²) in [6, 6.07) is 5.07. The van der Waals surface area contributed by atoms with Crippen molar-refractivity contribution in [3.8, 4) is 0 Å². The van der Waals surface area contributed by atoms with Crippen LogP contribution in [0.5, 0.6) is 0 Å². The Morgan fingerprint density at radius 1 is 1.29 bits per heavy atom. The maximum atomic E-state index is 13.1. The molecule has 1 unspecified atom stereocenters. The quantitative estimate of drug-likeness (QED) is 0.555. The lowest BCUT2D eigenvalue weighted by Gasteiger charge is -2.32. The number of piperidine rings is 1. The first-order valence-electron chi connectivity index (χ1n) is 11.6. The molecule has 4 rings (SSSR count). The second-order valence-corrected chi connectivity index (χ2v) is 8.71. The van der Waals surface area contributed by atoms with Crippen molar-refractivity contribution in [2.45, 2.75) is 37.8 Å². The maximum absolute atomic E-state index is 13.1. The summed E-state index contributed by atoms with van der Waals surface area (Å²) in [5.41, 5.74) is 2.30. The molecule has 0 radical (unpaired) electrons. The molecular formula is C23H31N5O6. The van der Waals surface area contributed by atoms with E-state index in [0.717, 1.165) is 37.0 Å². The van der Waals surface area contributed by atoms with Crippen molar-refractivity contribution >= 4 is 28.9 Å². The Morgan fingerprint density at radius 2 is 2.12 bits per heavy atom. The Hall–Kier alpha value is -3.18. The Morgan fingerprint density at radius 3 is 2.88 bits per heavy atom. The summed E-state index contributed by atoms with van der Waals surface area (Å²) < 4.78 is 13.9. The van der Waals surface area contributed by atoms with Crippen LogP contribution in [0.3, 0.4) is 0 Å². The van der Waals surface area contributed by atoms with E-state index >= 15 is 0 Å². The first-order valence-corrected chi connectivity index (χ1v) is 11.6. The van der Waals surface area contributed by atoms with E-state index in [-0.39, 0.29) is 30.7 Å². The van der Waals surface area contributed by atoms with Gasteiger partial charge in [0.2, 0.25) is 11.8 Å². The molecule has 11 heteroatoms. The topological polar surface area (TPSA) is 124 Å². The van der Waals surface area contributed by atoms with Gasteiger partial charge in [0, 0.05) is 33.6 Å². The average Bonchev–Trinajstić information content (AvgIpc) is 3.08. The molecule has 3 amide bonds. The smallest absolute Gasteiger partial charge is 0.406 e. The minimum Gasteiger partial charge on any atom is -0.447 e. The zero-order valence-corrected chi connectivity index (χ0v) is 19.5. The fourth-order valence-electron chi connectivity index (χ4n) is 4.77. The van der Waals surface area contributed by atoms with E-state index in [2.05, 4.69) is 15.5 Å². The molecule has 2 aliphatic rings. The molecule has 3 heterocycles. The van der Waals surface area contributed by atoms with Gasteiger partial charge in [-0.15, -0.1) is 0 Å². The summed E-state index contributed by atoms with van der Waals surface area (Å²) in [7, 11) is 3.24. The van der Waals surface area contributed by atoms with Gasteiger partial charge in [-0.25, -0.2) is 9.59 Å². The number of benzene rings is 1. The third-order valence-electron chi connectivity index (χ3n) is 6.46. The summed E-state index contributed by atoms with van der Waals surface area (Å²) in [4.78, 5) is 50.6. The minimum atomic E-state index is -0.688. The van der Waals surface area contributed by atoms with Gasteiger partial charge in [0.1, 0.15) is 18.8 Å². The first-order chi connectivity index (χ1) is 16.4. The highest BCUT2D eigenvalue weighted by molar-refractivity contribution is 6.00. The van der Waals surface area contributed by atoms with Gasteiger partial charge in [0.05, 0.1) is 17.6 Å². The molecule has 2 fully saturated rings. The minimum absolute atomic E-state index is 0.155. The molecule has 0 aliphatic carbocycles. The molecule has 2 saturated heterocycles. The number of hydrogen-bond acceptors (Lipinski definition) is 7. The number of hydrogen-bond donors (Lipinski definition) is 2. The van der Waals surface area contributed by atoms with Gasteiger partial charge in [0.25, 0.3) is 0 Å². The highest BCUT2D eigenvalue weighted by Gasteiger charge is 2.31. The third-order valence-corrected chi connectivity index (χ3v) is 6.46. The number of para-hydroxylation sites is 1. The maximum Gasteiger partial charge on any atom is 0.406 e. The number of imide groups is 1. The molecule has 0 saturated carbocycles. The summed E-state index contributed by atoms with van der Waals surface area (Å²) >= 11 is 0. The van der Waals surface area contributed by atoms with E-state index in [1.165, 1.54) is 11.6 Å². The molecule has 1 aromatic heterocycles. The van der Waals surface area contributed by atoms with E-state index < -0.39 is 18.0 Å². The van der Waals surface area contributed by atoms with E-state index in [9.17, 15) is 19.2 Å². The number of carbonyl (C=O) groups excluding carboxylic acids is 3. The van der Waals surface area contributed by atoms with Crippen LogP contribution in [0, 0.1) is 0 Å². The fraction of sp³-hybridized carbons (Fsp3) is 0.565. The van der Waals surface area contributed by atoms with Gasteiger partial charge in [-0.1, -0.05) is 12.1 Å². The molecule has 184 valence electrons. The molecule has 1 aromatic carbocycles. The first kappa shape index (κ1) is 24.0. The lowest BCUT2D eigenvalue weighted by molar-refractivity contribution is -0.135. The van der Waals surface area contributed by atoms with Gasteiger partial charge in [0.15, 0.2) is 0 Å². The number of amides is 3. The second kappa shape index (κ2) is 10.4. The number of nitrogens with zero attached hydrogens (tertiary/aromatic N) is 3. The molecule has 2 N–H and O–H groups in total. The number of fused-ring (bicyclic) bond motifs is 1. The molecule has 2 atom stereocenters. The predicted molar refractivity (Wildman–Crippen MR) is 124 cm³/mol. The summed E-state index contributed by atoms with van der Waals surface area (Å²) in [5.74, 6) is -0.737. The predicted octanol–water partition coefficient (Wildman–Crippen LogP) is 0.307. The lowest BCUT2D eigenvalue weighted by Crippen LogP contribution is -2.45. The van der Waals surface area contributed by atoms with Crippen molar-refractivity contribution in [1.29, 1.82) is 0 Å². The molecule has 2 aromatic rings. The van der Waals surface area contributed by atoms with E-state index in [1.807, 2.05) is 18.2 Å². The van der Waals surface area contributed by atoms with Gasteiger partial charge in [-0.3, -0.25) is 28.9 Å². The standard InChI is InChI=1S/C23H31N5O6/c1-24-22(31)34-14-16-13-27(11-12-33-16)10-4-6-15-5-3-7-17-20(15)26(2)23(32)28(17)18-8-9-19(29)25-21(18)30/h3,5,7,16,18H,4,6,8-14H2,1-2H3,(H,24,31)(H,25,29,30)/t16-,18?/m1/s1.